The molecule has 1 heterocycles. The maximum Gasteiger partial charge on any atom is 0.263 e. The predicted octanol–water partition coefficient (Wildman–Crippen LogP) is 2.75. The van der Waals surface area contributed by atoms with Crippen LogP contribution < -0.4 is 15.2 Å². The number of nitrogens with zero attached hydrogens (tertiary/aromatic N) is 1. The van der Waals surface area contributed by atoms with Crippen molar-refractivity contribution in [2.75, 3.05) is 13.7 Å². The number of hydrogen-bond donors (Lipinski definition) is 2. The second-order valence-corrected chi connectivity index (χ2v) is 8.92. The molecular formula is C20H21N3O4S2. The summed E-state index contributed by atoms with van der Waals surface area (Å²) in [6.45, 7) is 2.23. The molecule has 1 amide bonds. The lowest BCUT2D eigenvalue weighted by Gasteiger charge is -2.05. The summed E-state index contributed by atoms with van der Waals surface area (Å²) in [7, 11) is -2.09. The fourth-order valence-electron chi connectivity index (χ4n) is 2.71. The summed E-state index contributed by atoms with van der Waals surface area (Å²) >= 11 is 1.34. The molecular weight excluding hydrogens is 410 g/mol. The molecule has 9 heteroatoms. The highest BCUT2D eigenvalue weighted by atomic mass is 32.2. The van der Waals surface area contributed by atoms with Gasteiger partial charge in [0.25, 0.3) is 5.91 Å². The van der Waals surface area contributed by atoms with Gasteiger partial charge in [0.1, 0.15) is 15.6 Å². The highest BCUT2D eigenvalue weighted by molar-refractivity contribution is 7.89. The summed E-state index contributed by atoms with van der Waals surface area (Å²) in [4.78, 5) is 17.7. The van der Waals surface area contributed by atoms with Crippen molar-refractivity contribution in [3.8, 4) is 16.3 Å². The van der Waals surface area contributed by atoms with E-state index >= 15 is 0 Å². The Morgan fingerprint density at radius 3 is 2.38 bits per heavy atom. The smallest absolute Gasteiger partial charge is 0.263 e. The molecule has 0 aliphatic rings. The Morgan fingerprint density at radius 1 is 1.14 bits per heavy atom. The summed E-state index contributed by atoms with van der Waals surface area (Å²) in [6, 6.07) is 13.8. The number of primary sulfonamides is 1. The number of nitrogens with one attached hydrogen (secondary N) is 1. The van der Waals surface area contributed by atoms with Crippen LogP contribution in [0.2, 0.25) is 0 Å². The molecule has 0 fully saturated rings. The number of carbonyl (C=O) groups excluding carboxylic acids is 1. The van der Waals surface area contributed by atoms with Gasteiger partial charge in [0.05, 0.1) is 17.7 Å². The Balaban J connectivity index is 1.61. The van der Waals surface area contributed by atoms with Gasteiger partial charge in [-0.05, 0) is 55.3 Å². The normalized spacial score (nSPS) is 11.3. The van der Waals surface area contributed by atoms with E-state index in [0.717, 1.165) is 21.9 Å². The molecule has 0 aliphatic heterocycles. The van der Waals surface area contributed by atoms with Crippen molar-refractivity contribution >= 4 is 27.3 Å². The molecule has 3 rings (SSSR count). The third-order valence-corrected chi connectivity index (χ3v) is 6.43. The van der Waals surface area contributed by atoms with Gasteiger partial charge in [0, 0.05) is 12.1 Å². The summed E-state index contributed by atoms with van der Waals surface area (Å²) in [5.74, 6) is 0.581. The van der Waals surface area contributed by atoms with E-state index in [1.807, 2.05) is 31.2 Å². The molecule has 0 unspecified atom stereocenters. The van der Waals surface area contributed by atoms with Crippen LogP contribution in [-0.4, -0.2) is 33.0 Å². The van der Waals surface area contributed by atoms with Gasteiger partial charge < -0.3 is 10.1 Å². The Bertz CT molecular complexity index is 1110. The molecule has 0 bridgehead atoms. The molecule has 2 aromatic carbocycles. The summed E-state index contributed by atoms with van der Waals surface area (Å²) in [5.41, 5.74) is 2.50. The van der Waals surface area contributed by atoms with Crippen LogP contribution in [0.15, 0.2) is 53.4 Å². The third kappa shape index (κ3) is 5.20. The molecule has 0 radical (unpaired) electrons. The number of benzene rings is 2. The van der Waals surface area contributed by atoms with Crippen molar-refractivity contribution < 1.29 is 17.9 Å². The van der Waals surface area contributed by atoms with Crippen LogP contribution in [-0.2, 0) is 16.4 Å². The molecule has 7 nitrogen and oxygen atoms in total. The Labute approximate surface area is 173 Å². The Morgan fingerprint density at radius 2 is 1.79 bits per heavy atom. The minimum atomic E-state index is -3.70. The maximum atomic E-state index is 12.5. The first-order chi connectivity index (χ1) is 13.8. The van der Waals surface area contributed by atoms with Crippen LogP contribution in [0.3, 0.4) is 0 Å². The Kier molecular flexibility index (Phi) is 6.31. The van der Waals surface area contributed by atoms with Crippen molar-refractivity contribution in [2.24, 2.45) is 5.14 Å². The monoisotopic (exact) mass is 431 g/mol. The first-order valence-electron chi connectivity index (χ1n) is 8.79. The highest BCUT2D eigenvalue weighted by Gasteiger charge is 2.16. The van der Waals surface area contributed by atoms with Gasteiger partial charge in [-0.3, -0.25) is 4.79 Å². The second kappa shape index (κ2) is 8.73. The summed E-state index contributed by atoms with van der Waals surface area (Å²) < 4.78 is 27.7. The number of aryl methyl sites for hydroxylation is 1. The van der Waals surface area contributed by atoms with Crippen LogP contribution in [0.1, 0.15) is 20.9 Å². The largest absolute Gasteiger partial charge is 0.497 e. The number of methoxy groups -OCH3 is 1. The number of thiazole rings is 1. The first kappa shape index (κ1) is 21.0. The van der Waals surface area contributed by atoms with Crippen molar-refractivity contribution in [2.45, 2.75) is 18.2 Å². The van der Waals surface area contributed by atoms with E-state index in [-0.39, 0.29) is 10.8 Å². The van der Waals surface area contributed by atoms with E-state index in [0.29, 0.717) is 23.5 Å². The fraction of sp³-hybridized carbons (Fsp3) is 0.200. The maximum absolute atomic E-state index is 12.5. The molecule has 0 saturated heterocycles. The van der Waals surface area contributed by atoms with Crippen molar-refractivity contribution in [3.05, 3.63) is 64.7 Å². The lowest BCUT2D eigenvalue weighted by atomic mass is 10.1. The number of rotatable bonds is 7. The molecule has 1 aromatic heterocycles. The molecule has 0 spiro atoms. The Hall–Kier alpha value is -2.75. The molecule has 0 aliphatic carbocycles. The molecule has 152 valence electrons. The summed E-state index contributed by atoms with van der Waals surface area (Å²) in [5, 5.41) is 8.74. The number of carbonyl (C=O) groups is 1. The minimum Gasteiger partial charge on any atom is -0.497 e. The number of hydrogen-bond acceptors (Lipinski definition) is 6. The number of sulfonamides is 1. The van der Waals surface area contributed by atoms with Gasteiger partial charge in [0.2, 0.25) is 10.0 Å². The third-order valence-electron chi connectivity index (χ3n) is 4.29. The SMILES string of the molecule is COc1ccc(-c2nc(C)c(C(=O)NCCc3ccc(S(N)(=O)=O)cc3)s2)cc1. The van der Waals surface area contributed by atoms with Crippen LogP contribution in [0.25, 0.3) is 10.6 Å². The first-order valence-corrected chi connectivity index (χ1v) is 11.2. The molecule has 0 saturated carbocycles. The minimum absolute atomic E-state index is 0.0663. The van der Waals surface area contributed by atoms with Crippen LogP contribution in [0.4, 0.5) is 0 Å². The quantitative estimate of drug-likeness (QED) is 0.597. The topological polar surface area (TPSA) is 111 Å². The standard InChI is InChI=1S/C20H21N3O4S2/c1-13-18(28-20(23-13)15-5-7-16(27-2)8-6-15)19(24)22-12-11-14-3-9-17(10-4-14)29(21,25)26/h3-10H,11-12H2,1-2H3,(H,22,24)(H2,21,25,26). The van der Waals surface area contributed by atoms with Crippen LogP contribution in [0.5, 0.6) is 5.75 Å². The van der Waals surface area contributed by atoms with Crippen LogP contribution >= 0.6 is 11.3 Å². The van der Waals surface area contributed by atoms with Gasteiger partial charge in [0.15, 0.2) is 0 Å². The zero-order valence-electron chi connectivity index (χ0n) is 16.0. The van der Waals surface area contributed by atoms with E-state index in [1.165, 1.54) is 23.5 Å². The lowest BCUT2D eigenvalue weighted by molar-refractivity contribution is 0.0957. The second-order valence-electron chi connectivity index (χ2n) is 6.36. The fourth-order valence-corrected chi connectivity index (χ4v) is 4.21. The van der Waals surface area contributed by atoms with Crippen LogP contribution in [0, 0.1) is 6.92 Å². The number of aromatic nitrogens is 1. The average molecular weight is 432 g/mol. The van der Waals surface area contributed by atoms with Gasteiger partial charge in [-0.2, -0.15) is 0 Å². The zero-order valence-corrected chi connectivity index (χ0v) is 17.6. The van der Waals surface area contributed by atoms with Gasteiger partial charge >= 0.3 is 0 Å². The van der Waals surface area contributed by atoms with Crippen molar-refractivity contribution in [1.82, 2.24) is 10.3 Å². The average Bonchev–Trinajstić information content (AvgIpc) is 3.09. The van der Waals surface area contributed by atoms with Crippen molar-refractivity contribution in [1.29, 1.82) is 0 Å². The number of nitrogens with two attached hydrogens (primary N) is 1. The molecule has 3 aromatic rings. The van der Waals surface area contributed by atoms with Gasteiger partial charge in [-0.15, -0.1) is 11.3 Å². The van der Waals surface area contributed by atoms with E-state index < -0.39 is 10.0 Å². The summed E-state index contributed by atoms with van der Waals surface area (Å²) in [6.07, 6.45) is 0.569. The molecule has 0 atom stereocenters. The van der Waals surface area contributed by atoms with Crippen molar-refractivity contribution in [3.63, 3.8) is 0 Å². The number of amides is 1. The lowest BCUT2D eigenvalue weighted by Crippen LogP contribution is -2.25. The van der Waals surface area contributed by atoms with E-state index in [9.17, 15) is 13.2 Å². The molecule has 3 N–H and O–H groups in total. The predicted molar refractivity (Wildman–Crippen MR) is 113 cm³/mol. The zero-order chi connectivity index (χ0) is 21.0. The van der Waals surface area contributed by atoms with E-state index in [1.54, 1.807) is 19.2 Å². The van der Waals surface area contributed by atoms with Gasteiger partial charge in [-0.25, -0.2) is 18.5 Å². The van der Waals surface area contributed by atoms with E-state index in [4.69, 9.17) is 9.88 Å². The van der Waals surface area contributed by atoms with E-state index in [2.05, 4.69) is 10.3 Å². The number of ether oxygens (including phenoxy) is 1. The highest BCUT2D eigenvalue weighted by Crippen LogP contribution is 2.29. The molecule has 29 heavy (non-hydrogen) atoms. The van der Waals surface area contributed by atoms with Gasteiger partial charge in [-0.1, -0.05) is 12.1 Å².